The number of nitro groups is 1. The van der Waals surface area contributed by atoms with E-state index in [1.165, 1.54) is 12.1 Å². The number of hydrogen-bond donors (Lipinski definition) is 2. The van der Waals surface area contributed by atoms with Crippen LogP contribution in [0.25, 0.3) is 0 Å². The van der Waals surface area contributed by atoms with E-state index in [1.807, 2.05) is 13.8 Å². The van der Waals surface area contributed by atoms with E-state index in [9.17, 15) is 14.9 Å². The molecule has 0 saturated carbocycles. The van der Waals surface area contributed by atoms with Crippen LogP contribution in [0.1, 0.15) is 13.8 Å². The number of carbonyl (C=O) groups is 1. The molecule has 0 aliphatic carbocycles. The number of benzene rings is 1. The molecule has 1 aromatic carbocycles. The fourth-order valence-corrected chi connectivity index (χ4v) is 1.46. The predicted molar refractivity (Wildman–Crippen MR) is 64.5 cm³/mol. The normalized spacial score (nSPS) is 12.2. The Balaban J connectivity index is 2.90. The minimum Gasteiger partial charge on any atom is -0.373 e. The highest BCUT2D eigenvalue weighted by Crippen LogP contribution is 2.19. The van der Waals surface area contributed by atoms with Crippen molar-refractivity contribution in [3.8, 4) is 0 Å². The topological polar surface area (TPSA) is 98.3 Å². The summed E-state index contributed by atoms with van der Waals surface area (Å²) in [5.41, 5.74) is 5.73. The van der Waals surface area contributed by atoms with E-state index < -0.39 is 16.9 Å². The third-order valence-corrected chi connectivity index (χ3v) is 2.35. The molecule has 92 valence electrons. The van der Waals surface area contributed by atoms with Crippen LogP contribution in [0.15, 0.2) is 24.3 Å². The standard InChI is InChI=1S/C11H15N3O3/c1-7(2)10(11(12)15)13-8-4-3-5-9(6-8)14(16)17/h3-7,10,13H,1-2H3,(H2,12,15). The van der Waals surface area contributed by atoms with Crippen molar-refractivity contribution in [2.45, 2.75) is 19.9 Å². The summed E-state index contributed by atoms with van der Waals surface area (Å²) in [6.07, 6.45) is 0. The lowest BCUT2D eigenvalue weighted by Crippen LogP contribution is -2.39. The van der Waals surface area contributed by atoms with Crippen molar-refractivity contribution in [2.24, 2.45) is 11.7 Å². The Morgan fingerprint density at radius 2 is 2.12 bits per heavy atom. The Bertz CT molecular complexity index is 432. The quantitative estimate of drug-likeness (QED) is 0.599. The van der Waals surface area contributed by atoms with E-state index >= 15 is 0 Å². The van der Waals surface area contributed by atoms with Gasteiger partial charge in [-0.15, -0.1) is 0 Å². The molecule has 6 nitrogen and oxygen atoms in total. The van der Waals surface area contributed by atoms with E-state index in [0.717, 1.165) is 0 Å². The van der Waals surface area contributed by atoms with Crippen LogP contribution in [-0.4, -0.2) is 16.9 Å². The molecule has 0 bridgehead atoms. The number of amides is 1. The van der Waals surface area contributed by atoms with Gasteiger partial charge >= 0.3 is 0 Å². The molecule has 0 spiro atoms. The number of anilines is 1. The van der Waals surface area contributed by atoms with Crippen molar-refractivity contribution in [3.05, 3.63) is 34.4 Å². The van der Waals surface area contributed by atoms with Gasteiger partial charge in [-0.05, 0) is 12.0 Å². The number of non-ortho nitro benzene ring substituents is 1. The van der Waals surface area contributed by atoms with E-state index in [-0.39, 0.29) is 11.6 Å². The number of rotatable bonds is 5. The lowest BCUT2D eigenvalue weighted by atomic mass is 10.0. The monoisotopic (exact) mass is 237 g/mol. The molecule has 0 heterocycles. The third kappa shape index (κ3) is 3.44. The van der Waals surface area contributed by atoms with E-state index in [2.05, 4.69) is 5.32 Å². The van der Waals surface area contributed by atoms with Gasteiger partial charge in [-0.3, -0.25) is 14.9 Å². The Morgan fingerprint density at radius 1 is 1.47 bits per heavy atom. The maximum absolute atomic E-state index is 11.2. The van der Waals surface area contributed by atoms with Crippen LogP contribution in [0, 0.1) is 16.0 Å². The second-order valence-electron chi connectivity index (χ2n) is 4.08. The number of hydrogen-bond acceptors (Lipinski definition) is 4. The summed E-state index contributed by atoms with van der Waals surface area (Å²) in [4.78, 5) is 21.3. The Kier molecular flexibility index (Phi) is 4.03. The fraction of sp³-hybridized carbons (Fsp3) is 0.364. The van der Waals surface area contributed by atoms with Crippen LogP contribution in [0.5, 0.6) is 0 Å². The lowest BCUT2D eigenvalue weighted by molar-refractivity contribution is -0.384. The molecule has 1 atom stereocenters. The second kappa shape index (κ2) is 5.29. The van der Waals surface area contributed by atoms with Crippen LogP contribution in [0.4, 0.5) is 11.4 Å². The molecule has 0 saturated heterocycles. The van der Waals surface area contributed by atoms with E-state index in [4.69, 9.17) is 5.73 Å². The summed E-state index contributed by atoms with van der Waals surface area (Å²) in [5, 5.41) is 13.5. The molecule has 0 aliphatic heterocycles. The van der Waals surface area contributed by atoms with Crippen LogP contribution >= 0.6 is 0 Å². The molecule has 1 amide bonds. The molecule has 0 fully saturated rings. The molecule has 3 N–H and O–H groups in total. The predicted octanol–water partition coefficient (Wildman–Crippen LogP) is 1.52. The van der Waals surface area contributed by atoms with Gasteiger partial charge in [0, 0.05) is 17.8 Å². The van der Waals surface area contributed by atoms with Gasteiger partial charge in [-0.2, -0.15) is 0 Å². The van der Waals surface area contributed by atoms with E-state index in [1.54, 1.807) is 12.1 Å². The molecule has 17 heavy (non-hydrogen) atoms. The van der Waals surface area contributed by atoms with Crippen molar-refractivity contribution in [1.29, 1.82) is 0 Å². The first-order valence-electron chi connectivity index (χ1n) is 5.22. The number of nitrogens with zero attached hydrogens (tertiary/aromatic N) is 1. The Morgan fingerprint density at radius 3 is 2.59 bits per heavy atom. The van der Waals surface area contributed by atoms with Crippen molar-refractivity contribution in [3.63, 3.8) is 0 Å². The molecule has 0 aromatic heterocycles. The summed E-state index contributed by atoms with van der Waals surface area (Å²) < 4.78 is 0. The van der Waals surface area contributed by atoms with Crippen LogP contribution in [0.2, 0.25) is 0 Å². The molecular formula is C11H15N3O3. The maximum Gasteiger partial charge on any atom is 0.271 e. The van der Waals surface area contributed by atoms with Crippen molar-refractivity contribution in [2.75, 3.05) is 5.32 Å². The zero-order valence-electron chi connectivity index (χ0n) is 9.71. The number of nitro benzene ring substituents is 1. The van der Waals surface area contributed by atoms with Gasteiger partial charge in [0.1, 0.15) is 6.04 Å². The first kappa shape index (κ1) is 13.0. The minimum absolute atomic E-state index is 0.00626. The minimum atomic E-state index is -0.544. The zero-order chi connectivity index (χ0) is 13.0. The summed E-state index contributed by atoms with van der Waals surface area (Å²) in [7, 11) is 0. The van der Waals surface area contributed by atoms with Crippen LogP contribution in [0.3, 0.4) is 0 Å². The van der Waals surface area contributed by atoms with Gasteiger partial charge in [-0.1, -0.05) is 19.9 Å². The lowest BCUT2D eigenvalue weighted by Gasteiger charge is -2.19. The first-order chi connectivity index (χ1) is 7.91. The van der Waals surface area contributed by atoms with Gasteiger partial charge in [0.15, 0.2) is 0 Å². The smallest absolute Gasteiger partial charge is 0.271 e. The molecule has 0 radical (unpaired) electrons. The first-order valence-corrected chi connectivity index (χ1v) is 5.22. The highest BCUT2D eigenvalue weighted by atomic mass is 16.6. The largest absolute Gasteiger partial charge is 0.373 e. The molecule has 1 aromatic rings. The number of primary amides is 1. The zero-order valence-corrected chi connectivity index (χ0v) is 9.71. The molecule has 1 unspecified atom stereocenters. The molecule has 0 aliphatic rings. The van der Waals surface area contributed by atoms with Gasteiger partial charge in [-0.25, -0.2) is 0 Å². The third-order valence-electron chi connectivity index (χ3n) is 2.35. The van der Waals surface area contributed by atoms with Gasteiger partial charge in [0.05, 0.1) is 4.92 Å². The molecule has 1 rings (SSSR count). The second-order valence-corrected chi connectivity index (χ2v) is 4.08. The number of nitrogens with two attached hydrogens (primary N) is 1. The van der Waals surface area contributed by atoms with Crippen LogP contribution in [-0.2, 0) is 4.79 Å². The highest BCUT2D eigenvalue weighted by molar-refractivity contribution is 5.83. The summed E-state index contributed by atoms with van der Waals surface area (Å²) in [5.74, 6) is -0.474. The van der Waals surface area contributed by atoms with Gasteiger partial charge in [0.25, 0.3) is 5.69 Å². The Labute approximate surface area is 99.0 Å². The summed E-state index contributed by atoms with van der Waals surface area (Å²) >= 11 is 0. The highest BCUT2D eigenvalue weighted by Gasteiger charge is 2.19. The van der Waals surface area contributed by atoms with Crippen molar-refractivity contribution < 1.29 is 9.72 Å². The average molecular weight is 237 g/mol. The maximum atomic E-state index is 11.2. The van der Waals surface area contributed by atoms with E-state index in [0.29, 0.717) is 5.69 Å². The fourth-order valence-electron chi connectivity index (χ4n) is 1.46. The Hall–Kier alpha value is -2.11. The molecular weight excluding hydrogens is 222 g/mol. The summed E-state index contributed by atoms with van der Waals surface area (Å²) in [6, 6.07) is 5.43. The number of carbonyl (C=O) groups excluding carboxylic acids is 1. The van der Waals surface area contributed by atoms with Gasteiger partial charge in [0.2, 0.25) is 5.91 Å². The van der Waals surface area contributed by atoms with Crippen molar-refractivity contribution in [1.82, 2.24) is 0 Å². The van der Waals surface area contributed by atoms with Crippen LogP contribution < -0.4 is 11.1 Å². The van der Waals surface area contributed by atoms with Gasteiger partial charge < -0.3 is 11.1 Å². The SMILES string of the molecule is CC(C)C(Nc1cccc([N+](=O)[O-])c1)C(N)=O. The van der Waals surface area contributed by atoms with Crippen molar-refractivity contribution >= 4 is 17.3 Å². The average Bonchev–Trinajstić information content (AvgIpc) is 2.25. The molecule has 6 heteroatoms. The summed E-state index contributed by atoms with van der Waals surface area (Å²) in [6.45, 7) is 3.69. The number of nitrogens with one attached hydrogen (secondary N) is 1.